The van der Waals surface area contributed by atoms with Crippen molar-refractivity contribution in [3.05, 3.63) is 0 Å². The van der Waals surface area contributed by atoms with Gasteiger partial charge in [0, 0.05) is 19.6 Å². The molecule has 1 aliphatic rings. The maximum atomic E-state index is 9.80. The lowest BCUT2D eigenvalue weighted by atomic mass is 10.3. The summed E-state index contributed by atoms with van der Waals surface area (Å²) in [6.45, 7) is 5.68. The van der Waals surface area contributed by atoms with E-state index in [-0.39, 0.29) is 0 Å². The average Bonchev–Trinajstić information content (AvgIpc) is 2.14. The largest absolute Gasteiger partial charge is 0.468 e. The van der Waals surface area contributed by atoms with E-state index in [1.54, 1.807) is 0 Å². The van der Waals surface area contributed by atoms with E-state index in [9.17, 15) is 4.79 Å². The normalized spacial score (nSPS) is 19.0. The third kappa shape index (κ3) is 3.69. The highest BCUT2D eigenvalue weighted by Crippen LogP contribution is 1.97. The van der Waals surface area contributed by atoms with Gasteiger partial charge in [0.15, 0.2) is 0 Å². The lowest BCUT2D eigenvalue weighted by molar-refractivity contribution is -0.128. The van der Waals surface area contributed by atoms with Crippen LogP contribution in [0, 0.1) is 0 Å². The first-order chi connectivity index (χ1) is 5.93. The number of ether oxygens (including phenoxy) is 2. The van der Waals surface area contributed by atoms with Gasteiger partial charge < -0.3 is 9.47 Å². The van der Waals surface area contributed by atoms with Crippen LogP contribution in [0.5, 0.6) is 0 Å². The Kier molecular flexibility index (Phi) is 4.71. The minimum atomic E-state index is 0.499. The van der Waals surface area contributed by atoms with Gasteiger partial charge in [-0.25, -0.2) is 0 Å². The molecule has 1 fully saturated rings. The van der Waals surface area contributed by atoms with Gasteiger partial charge in [-0.05, 0) is 6.42 Å². The van der Waals surface area contributed by atoms with Crippen LogP contribution < -0.4 is 0 Å². The number of hydrogen-bond acceptors (Lipinski definition) is 4. The fraction of sp³-hybridized carbons (Fsp3) is 0.875. The molecule has 0 aliphatic carbocycles. The maximum absolute atomic E-state index is 9.80. The third-order valence-electron chi connectivity index (χ3n) is 1.91. The molecule has 1 saturated heterocycles. The van der Waals surface area contributed by atoms with Gasteiger partial charge in [-0.15, -0.1) is 0 Å². The smallest absolute Gasteiger partial charge is 0.293 e. The standard InChI is InChI=1S/C8H15NO3/c10-8-12-5-1-2-9-3-6-11-7-4-9/h8H,1-7H2. The van der Waals surface area contributed by atoms with Gasteiger partial charge in [0.1, 0.15) is 0 Å². The van der Waals surface area contributed by atoms with Gasteiger partial charge in [-0.1, -0.05) is 0 Å². The second-order valence-electron chi connectivity index (χ2n) is 2.77. The van der Waals surface area contributed by atoms with E-state index in [4.69, 9.17) is 4.74 Å². The molecule has 12 heavy (non-hydrogen) atoms. The fourth-order valence-corrected chi connectivity index (χ4v) is 1.24. The maximum Gasteiger partial charge on any atom is 0.293 e. The summed E-state index contributed by atoms with van der Waals surface area (Å²) in [5.74, 6) is 0. The summed E-state index contributed by atoms with van der Waals surface area (Å²) in [4.78, 5) is 12.1. The van der Waals surface area contributed by atoms with Crippen LogP contribution in [0.3, 0.4) is 0 Å². The van der Waals surface area contributed by atoms with Crippen LogP contribution in [-0.2, 0) is 14.3 Å². The van der Waals surface area contributed by atoms with Gasteiger partial charge in [0.25, 0.3) is 6.47 Å². The van der Waals surface area contributed by atoms with E-state index in [2.05, 4.69) is 9.64 Å². The van der Waals surface area contributed by atoms with E-state index < -0.39 is 0 Å². The zero-order chi connectivity index (χ0) is 8.65. The number of hydrogen-bond donors (Lipinski definition) is 0. The molecule has 70 valence electrons. The summed E-state index contributed by atoms with van der Waals surface area (Å²) < 4.78 is 9.78. The molecule has 0 unspecified atom stereocenters. The molecule has 0 aromatic heterocycles. The lowest BCUT2D eigenvalue weighted by Crippen LogP contribution is -2.37. The summed E-state index contributed by atoms with van der Waals surface area (Å²) in [6.07, 6.45) is 0.915. The number of rotatable bonds is 5. The van der Waals surface area contributed by atoms with E-state index in [1.807, 2.05) is 0 Å². The van der Waals surface area contributed by atoms with E-state index in [1.165, 1.54) is 0 Å². The van der Waals surface area contributed by atoms with Crippen LogP contribution in [0.25, 0.3) is 0 Å². The highest BCUT2D eigenvalue weighted by molar-refractivity contribution is 5.36. The van der Waals surface area contributed by atoms with Crippen molar-refractivity contribution in [1.82, 2.24) is 4.90 Å². The van der Waals surface area contributed by atoms with Crippen LogP contribution >= 0.6 is 0 Å². The van der Waals surface area contributed by atoms with E-state index in [0.717, 1.165) is 39.3 Å². The lowest BCUT2D eigenvalue weighted by Gasteiger charge is -2.26. The summed E-state index contributed by atoms with van der Waals surface area (Å²) in [5.41, 5.74) is 0. The predicted octanol–water partition coefficient (Wildman–Crippen LogP) is -0.118. The first-order valence-electron chi connectivity index (χ1n) is 4.29. The second kappa shape index (κ2) is 5.97. The Balaban J connectivity index is 1.94. The van der Waals surface area contributed by atoms with Crippen molar-refractivity contribution in [2.75, 3.05) is 39.5 Å². The van der Waals surface area contributed by atoms with Crippen molar-refractivity contribution < 1.29 is 14.3 Å². The molecule has 1 aliphatic heterocycles. The highest BCUT2D eigenvalue weighted by Gasteiger charge is 2.08. The molecule has 0 atom stereocenters. The number of morpholine rings is 1. The summed E-state index contributed by atoms with van der Waals surface area (Å²) in [5, 5.41) is 0. The minimum Gasteiger partial charge on any atom is -0.468 e. The Bertz CT molecular complexity index is 123. The molecule has 0 aromatic rings. The Morgan fingerprint density at radius 3 is 2.83 bits per heavy atom. The van der Waals surface area contributed by atoms with Crippen LogP contribution in [-0.4, -0.2) is 50.8 Å². The molecular weight excluding hydrogens is 158 g/mol. The first-order valence-corrected chi connectivity index (χ1v) is 4.29. The molecule has 0 N–H and O–H groups in total. The Morgan fingerprint density at radius 2 is 2.17 bits per heavy atom. The van der Waals surface area contributed by atoms with Crippen molar-refractivity contribution >= 4 is 6.47 Å². The summed E-state index contributed by atoms with van der Waals surface area (Å²) >= 11 is 0. The zero-order valence-electron chi connectivity index (χ0n) is 7.20. The van der Waals surface area contributed by atoms with Gasteiger partial charge in [0.05, 0.1) is 19.8 Å². The average molecular weight is 173 g/mol. The summed E-state index contributed by atoms with van der Waals surface area (Å²) in [7, 11) is 0. The zero-order valence-corrected chi connectivity index (χ0v) is 7.20. The predicted molar refractivity (Wildman–Crippen MR) is 43.9 cm³/mol. The first kappa shape index (κ1) is 9.48. The summed E-state index contributed by atoms with van der Waals surface area (Å²) in [6, 6.07) is 0. The topological polar surface area (TPSA) is 38.8 Å². The second-order valence-corrected chi connectivity index (χ2v) is 2.77. The van der Waals surface area contributed by atoms with Gasteiger partial charge in [0.2, 0.25) is 0 Å². The fourth-order valence-electron chi connectivity index (χ4n) is 1.24. The van der Waals surface area contributed by atoms with E-state index >= 15 is 0 Å². The van der Waals surface area contributed by atoms with Crippen LogP contribution in [0.15, 0.2) is 0 Å². The molecule has 0 spiro atoms. The molecule has 1 rings (SSSR count). The molecule has 0 bridgehead atoms. The van der Waals surface area contributed by atoms with Crippen LogP contribution in [0.4, 0.5) is 0 Å². The molecule has 0 amide bonds. The van der Waals surface area contributed by atoms with E-state index in [0.29, 0.717) is 13.1 Å². The molecule has 0 aromatic carbocycles. The van der Waals surface area contributed by atoms with Crippen LogP contribution in [0.1, 0.15) is 6.42 Å². The van der Waals surface area contributed by atoms with Gasteiger partial charge in [-0.2, -0.15) is 0 Å². The van der Waals surface area contributed by atoms with Crippen molar-refractivity contribution in [2.24, 2.45) is 0 Å². The van der Waals surface area contributed by atoms with Crippen LogP contribution in [0.2, 0.25) is 0 Å². The third-order valence-corrected chi connectivity index (χ3v) is 1.91. The quantitative estimate of drug-likeness (QED) is 0.429. The molecule has 1 heterocycles. The molecular formula is C8H15NO3. The van der Waals surface area contributed by atoms with Crippen molar-refractivity contribution in [2.45, 2.75) is 6.42 Å². The van der Waals surface area contributed by atoms with Crippen molar-refractivity contribution in [3.8, 4) is 0 Å². The Labute approximate surface area is 72.4 Å². The Morgan fingerprint density at radius 1 is 1.42 bits per heavy atom. The molecule has 0 radical (unpaired) electrons. The Hall–Kier alpha value is -0.610. The van der Waals surface area contributed by atoms with Crippen molar-refractivity contribution in [3.63, 3.8) is 0 Å². The van der Waals surface area contributed by atoms with Gasteiger partial charge >= 0.3 is 0 Å². The molecule has 4 nitrogen and oxygen atoms in total. The number of nitrogens with zero attached hydrogens (tertiary/aromatic N) is 1. The number of carbonyl (C=O) groups excluding carboxylic acids is 1. The SMILES string of the molecule is O=COCCCN1CCOCC1. The molecule has 0 saturated carbocycles. The van der Waals surface area contributed by atoms with Crippen molar-refractivity contribution in [1.29, 1.82) is 0 Å². The molecule has 4 heteroatoms. The van der Waals surface area contributed by atoms with Gasteiger partial charge in [-0.3, -0.25) is 9.69 Å². The number of carbonyl (C=O) groups is 1. The monoisotopic (exact) mass is 173 g/mol. The minimum absolute atomic E-state index is 0.499. The highest BCUT2D eigenvalue weighted by atomic mass is 16.5.